The Balaban J connectivity index is 1.94. The number of carbonyl (C=O) groups is 1. The van der Waals surface area contributed by atoms with Crippen LogP contribution in [0.1, 0.15) is 0 Å². The van der Waals surface area contributed by atoms with Crippen LogP contribution in [0.5, 0.6) is 5.75 Å². The average molecular weight is 287 g/mol. The Morgan fingerprint density at radius 1 is 0.944 bits per heavy atom. The first-order valence-corrected chi connectivity index (χ1v) is 7.01. The molecule has 0 aromatic heterocycles. The maximum absolute atomic E-state index is 11.9. The molecule has 0 atom stereocenters. The van der Waals surface area contributed by atoms with E-state index in [1.165, 1.54) is 0 Å². The Morgan fingerprint density at radius 2 is 1.50 bits per heavy atom. The molecule has 0 saturated carbocycles. The molecule has 0 aliphatic heterocycles. The Bertz CT molecular complexity index is 537. The molecule has 0 bridgehead atoms. The first-order chi connectivity index (χ1) is 8.75. The fourth-order valence-corrected chi connectivity index (χ4v) is 2.48. The Kier molecular flexibility index (Phi) is 4.39. The van der Waals surface area contributed by atoms with E-state index in [2.05, 4.69) is 0 Å². The third-order valence-corrected chi connectivity index (χ3v) is 3.76. The standard InChI is InChI=1S/C8H7O2.C6H5.Co.O/c1-7(9)10-8-5-3-2-4-6-8;1-2-4-6-5-3-1;;/h2-6H,1H2;1-5H;;. The van der Waals surface area contributed by atoms with Crippen molar-refractivity contribution in [1.82, 2.24) is 0 Å². The summed E-state index contributed by atoms with van der Waals surface area (Å²) in [6.45, 7) is 0. The number of para-hydroxylation sites is 1. The van der Waals surface area contributed by atoms with Gasteiger partial charge in [-0.25, -0.2) is 0 Å². The molecule has 0 fully saturated rings. The van der Waals surface area contributed by atoms with Crippen LogP contribution in [-0.4, -0.2) is 5.97 Å². The number of benzene rings is 2. The van der Waals surface area contributed by atoms with Gasteiger partial charge in [0.25, 0.3) is 0 Å². The van der Waals surface area contributed by atoms with Crippen LogP contribution in [0.2, 0.25) is 5.36 Å². The van der Waals surface area contributed by atoms with Crippen molar-refractivity contribution in [3.63, 3.8) is 0 Å². The quantitative estimate of drug-likeness (QED) is 0.640. The van der Waals surface area contributed by atoms with Crippen LogP contribution in [0.25, 0.3) is 0 Å². The third kappa shape index (κ3) is 3.61. The van der Waals surface area contributed by atoms with Crippen LogP contribution in [0.3, 0.4) is 0 Å². The maximum atomic E-state index is 11.9. The van der Waals surface area contributed by atoms with Gasteiger partial charge in [-0.3, -0.25) is 0 Å². The molecule has 0 spiro atoms. The summed E-state index contributed by atoms with van der Waals surface area (Å²) < 4.78 is 17.6. The van der Waals surface area contributed by atoms with Crippen molar-refractivity contribution in [3.05, 3.63) is 60.7 Å². The van der Waals surface area contributed by atoms with Crippen molar-refractivity contribution < 1.29 is 27.0 Å². The van der Waals surface area contributed by atoms with Crippen LogP contribution < -0.4 is 9.23 Å². The number of rotatable bonds is 4. The van der Waals surface area contributed by atoms with Gasteiger partial charge in [-0.1, -0.05) is 0 Å². The molecule has 0 unspecified atom stereocenters. The van der Waals surface area contributed by atoms with E-state index in [0.29, 0.717) is 10.2 Å². The van der Waals surface area contributed by atoms with Gasteiger partial charge in [0.15, 0.2) is 0 Å². The van der Waals surface area contributed by atoms with Gasteiger partial charge in [0.05, 0.1) is 0 Å². The molecular weight excluding hydrogens is 275 g/mol. The summed E-state index contributed by atoms with van der Waals surface area (Å²) in [5, 5.41) is -0.105. The topological polar surface area (TPSA) is 43.4 Å². The van der Waals surface area contributed by atoms with Gasteiger partial charge in [0.2, 0.25) is 0 Å². The van der Waals surface area contributed by atoms with Crippen molar-refractivity contribution in [3.8, 4) is 5.75 Å². The van der Waals surface area contributed by atoms with Crippen LogP contribution in [0.4, 0.5) is 0 Å². The third-order valence-electron chi connectivity index (χ3n) is 2.11. The van der Waals surface area contributed by atoms with E-state index in [0.717, 1.165) is 0 Å². The molecule has 0 radical (unpaired) electrons. The SMILES string of the molecule is O=C([CH2][Co](=[O])[c]1ccccc1)Oc1ccccc1. The average Bonchev–Trinajstić information content (AvgIpc) is 2.40. The molecule has 0 aliphatic carbocycles. The van der Waals surface area contributed by atoms with Crippen molar-refractivity contribution in [1.29, 1.82) is 0 Å². The van der Waals surface area contributed by atoms with Crippen LogP contribution >= 0.6 is 0 Å². The molecule has 4 heteroatoms. The molecule has 0 saturated heterocycles. The zero-order valence-electron chi connectivity index (χ0n) is 9.54. The minimum atomic E-state index is -1.71. The number of hydrogen-bond acceptors (Lipinski definition) is 3. The van der Waals surface area contributed by atoms with Gasteiger partial charge in [0, 0.05) is 0 Å². The zero-order valence-corrected chi connectivity index (χ0v) is 10.6. The van der Waals surface area contributed by atoms with Crippen LogP contribution in [0, 0.1) is 0 Å². The van der Waals surface area contributed by atoms with E-state index in [1.54, 1.807) is 48.5 Å². The Hall–Kier alpha value is -1.78. The summed E-state index contributed by atoms with van der Waals surface area (Å²) in [6, 6.07) is 17.7. The normalized spacial score (nSPS) is 10.8. The molecule has 0 heterocycles. The van der Waals surface area contributed by atoms with Crippen LogP contribution in [-0.2, 0) is 22.2 Å². The molecule has 2 aromatic rings. The first-order valence-electron chi connectivity index (χ1n) is 5.33. The minimum absolute atomic E-state index is 0.105. The summed E-state index contributed by atoms with van der Waals surface area (Å²) in [7, 11) is 0. The van der Waals surface area contributed by atoms with Gasteiger partial charge >= 0.3 is 109 Å². The summed E-state index contributed by atoms with van der Waals surface area (Å²) in [5.41, 5.74) is 0. The van der Waals surface area contributed by atoms with Gasteiger partial charge < -0.3 is 0 Å². The number of esters is 1. The van der Waals surface area contributed by atoms with Crippen molar-refractivity contribution >= 4 is 10.5 Å². The van der Waals surface area contributed by atoms with Gasteiger partial charge in [-0.05, 0) is 0 Å². The molecule has 2 aromatic carbocycles. The number of hydrogen-bond donors (Lipinski definition) is 0. The monoisotopic (exact) mass is 287 g/mol. The zero-order chi connectivity index (χ0) is 12.8. The van der Waals surface area contributed by atoms with Gasteiger partial charge in [-0.2, -0.15) is 0 Å². The van der Waals surface area contributed by atoms with E-state index in [-0.39, 0.29) is 5.36 Å². The summed E-state index contributed by atoms with van der Waals surface area (Å²) >= 11 is -1.71. The second-order valence-electron chi connectivity index (χ2n) is 3.46. The van der Waals surface area contributed by atoms with E-state index in [1.807, 2.05) is 12.1 Å². The first kappa shape index (κ1) is 12.7. The van der Waals surface area contributed by atoms with Gasteiger partial charge in [-0.15, -0.1) is 0 Å². The molecule has 2 rings (SSSR count). The van der Waals surface area contributed by atoms with Crippen molar-refractivity contribution in [2.45, 2.75) is 5.36 Å². The molecule has 0 N–H and O–H groups in total. The second kappa shape index (κ2) is 6.23. The summed E-state index contributed by atoms with van der Waals surface area (Å²) in [5.74, 6) is -0.0105. The van der Waals surface area contributed by atoms with Gasteiger partial charge in [0.1, 0.15) is 0 Å². The Labute approximate surface area is 109 Å². The fraction of sp³-hybridized carbons (Fsp3) is 0.0714. The summed E-state index contributed by atoms with van der Waals surface area (Å²) in [4.78, 5) is 11.6. The predicted octanol–water partition coefficient (Wildman–Crippen LogP) is 2.30. The Morgan fingerprint density at radius 3 is 2.11 bits per heavy atom. The number of ether oxygens (including phenoxy) is 1. The van der Waals surface area contributed by atoms with E-state index < -0.39 is 19.6 Å². The van der Waals surface area contributed by atoms with E-state index >= 15 is 0 Å². The molecule has 18 heavy (non-hydrogen) atoms. The second-order valence-corrected chi connectivity index (χ2v) is 5.31. The summed E-state index contributed by atoms with van der Waals surface area (Å²) in [6.07, 6.45) is 0. The van der Waals surface area contributed by atoms with Crippen molar-refractivity contribution in [2.24, 2.45) is 0 Å². The van der Waals surface area contributed by atoms with Crippen LogP contribution in [0.15, 0.2) is 60.7 Å². The number of carbonyl (C=O) groups excluding carboxylic acids is 1. The molecular formula is C14H12CoO3. The van der Waals surface area contributed by atoms with E-state index in [9.17, 15) is 8.66 Å². The van der Waals surface area contributed by atoms with Crippen molar-refractivity contribution in [2.75, 3.05) is 0 Å². The predicted molar refractivity (Wildman–Crippen MR) is 63.6 cm³/mol. The molecule has 0 amide bonds. The molecule has 0 aliphatic rings. The molecule has 3 nitrogen and oxygen atoms in total. The van der Waals surface area contributed by atoms with E-state index in [4.69, 9.17) is 4.74 Å². The fourth-order valence-electron chi connectivity index (χ4n) is 1.33. The molecule has 95 valence electrons.